The Morgan fingerprint density at radius 2 is 1.50 bits per heavy atom. The van der Waals surface area contributed by atoms with Crippen molar-refractivity contribution in [2.75, 3.05) is 0 Å². The maximum Gasteiger partial charge on any atom is 0.144 e. The van der Waals surface area contributed by atoms with Gasteiger partial charge in [-0.1, -0.05) is 31.9 Å². The molecule has 0 saturated carbocycles. The van der Waals surface area contributed by atoms with E-state index in [0.717, 1.165) is 35.0 Å². The number of benzene rings is 2. The largest absolute Gasteiger partial charge is 0.455 e. The van der Waals surface area contributed by atoms with Crippen molar-refractivity contribution in [3.8, 4) is 11.5 Å². The molecule has 0 atom stereocenters. The average Bonchev–Trinajstić information content (AvgIpc) is 2.25. The third-order valence-electron chi connectivity index (χ3n) is 2.30. The summed E-state index contributed by atoms with van der Waals surface area (Å²) in [6.45, 7) is 2.01. The second-order valence-corrected chi connectivity index (χ2v) is 7.25. The zero-order valence-electron chi connectivity index (χ0n) is 9.31. The summed E-state index contributed by atoms with van der Waals surface area (Å²) >= 11 is 13.9. The Labute approximate surface area is 139 Å². The number of hydrogen-bond donors (Lipinski definition) is 0. The van der Waals surface area contributed by atoms with E-state index in [1.54, 1.807) is 0 Å². The van der Waals surface area contributed by atoms with Gasteiger partial charge >= 0.3 is 0 Å². The normalized spacial score (nSPS) is 10.5. The Morgan fingerprint density at radius 3 is 2.11 bits per heavy atom. The first-order chi connectivity index (χ1) is 8.47. The fourth-order valence-electron chi connectivity index (χ4n) is 1.49. The van der Waals surface area contributed by atoms with Crippen LogP contribution in [0.15, 0.2) is 48.2 Å². The number of halogens is 4. The predicted octanol–water partition coefficient (Wildman–Crippen LogP) is 6.84. The Balaban J connectivity index is 2.40. The average molecular weight is 500 g/mol. The van der Waals surface area contributed by atoms with Crippen molar-refractivity contribution in [3.63, 3.8) is 0 Å². The zero-order chi connectivity index (χ0) is 13.3. The van der Waals surface area contributed by atoms with E-state index < -0.39 is 0 Å². The first-order valence-corrected chi connectivity index (χ1v) is 8.23. The van der Waals surface area contributed by atoms with E-state index in [0.29, 0.717) is 0 Å². The van der Waals surface area contributed by atoms with E-state index >= 15 is 0 Å². The van der Waals surface area contributed by atoms with Crippen molar-refractivity contribution < 1.29 is 4.74 Å². The van der Waals surface area contributed by atoms with Crippen molar-refractivity contribution in [1.82, 2.24) is 0 Å². The molecule has 0 spiro atoms. The highest BCUT2D eigenvalue weighted by Crippen LogP contribution is 2.38. The molecule has 0 aliphatic rings. The van der Waals surface area contributed by atoms with E-state index in [1.165, 1.54) is 0 Å². The summed E-state index contributed by atoms with van der Waals surface area (Å²) in [6, 6.07) is 9.81. The van der Waals surface area contributed by atoms with Gasteiger partial charge in [-0.05, 0) is 74.7 Å². The van der Waals surface area contributed by atoms with Gasteiger partial charge in [0.25, 0.3) is 0 Å². The molecule has 1 nitrogen and oxygen atoms in total. The molecule has 18 heavy (non-hydrogen) atoms. The monoisotopic (exact) mass is 496 g/mol. The topological polar surface area (TPSA) is 9.23 Å². The fraction of sp³-hybridized carbons (Fsp3) is 0.0769. The van der Waals surface area contributed by atoms with Crippen molar-refractivity contribution in [3.05, 3.63) is 53.8 Å². The number of aryl methyl sites for hydroxylation is 1. The van der Waals surface area contributed by atoms with Gasteiger partial charge in [0.1, 0.15) is 11.5 Å². The van der Waals surface area contributed by atoms with Crippen LogP contribution in [0.4, 0.5) is 0 Å². The van der Waals surface area contributed by atoms with Gasteiger partial charge in [0.05, 0.1) is 8.95 Å². The van der Waals surface area contributed by atoms with Gasteiger partial charge in [-0.25, -0.2) is 0 Å². The molecule has 0 bridgehead atoms. The maximum absolute atomic E-state index is 5.95. The van der Waals surface area contributed by atoms with Crippen LogP contribution in [0.1, 0.15) is 5.56 Å². The lowest BCUT2D eigenvalue weighted by Crippen LogP contribution is -1.90. The third-order valence-corrected chi connectivity index (χ3v) is 4.46. The Bertz CT molecular complexity index is 573. The van der Waals surface area contributed by atoms with Crippen LogP contribution in [0.2, 0.25) is 0 Å². The minimum atomic E-state index is 0.782. The van der Waals surface area contributed by atoms with Crippen molar-refractivity contribution in [2.45, 2.75) is 6.92 Å². The molecule has 0 radical (unpaired) electrons. The molecule has 0 fully saturated rings. The van der Waals surface area contributed by atoms with Crippen molar-refractivity contribution in [2.24, 2.45) is 0 Å². The summed E-state index contributed by atoms with van der Waals surface area (Å²) in [4.78, 5) is 0. The Kier molecular flexibility index (Phi) is 4.92. The molecule has 0 heterocycles. The van der Waals surface area contributed by atoms with Crippen LogP contribution < -0.4 is 4.74 Å². The highest BCUT2D eigenvalue weighted by Gasteiger charge is 2.10. The summed E-state index contributed by atoms with van der Waals surface area (Å²) < 4.78 is 9.80. The number of hydrogen-bond acceptors (Lipinski definition) is 1. The third kappa shape index (κ3) is 3.38. The standard InChI is InChI=1S/C13H8Br4O/c1-7-4-9(15)6-11(17)13(7)18-12-3-2-8(14)5-10(12)16/h2-6H,1H3. The van der Waals surface area contributed by atoms with Gasteiger partial charge in [0, 0.05) is 8.95 Å². The first-order valence-electron chi connectivity index (χ1n) is 5.06. The molecule has 0 aliphatic heterocycles. The smallest absolute Gasteiger partial charge is 0.144 e. The zero-order valence-corrected chi connectivity index (χ0v) is 15.7. The molecule has 5 heteroatoms. The van der Waals surface area contributed by atoms with E-state index in [9.17, 15) is 0 Å². The lowest BCUT2D eigenvalue weighted by atomic mass is 10.2. The number of rotatable bonds is 2. The van der Waals surface area contributed by atoms with Gasteiger partial charge in [0.15, 0.2) is 0 Å². The molecule has 94 valence electrons. The van der Waals surface area contributed by atoms with Crippen LogP contribution in [-0.2, 0) is 0 Å². The molecule has 0 saturated heterocycles. The fourth-order valence-corrected chi connectivity index (χ4v) is 4.13. The molecule has 0 N–H and O–H groups in total. The second-order valence-electron chi connectivity index (χ2n) is 3.71. The minimum absolute atomic E-state index is 0.782. The molecule has 0 unspecified atom stereocenters. The summed E-state index contributed by atoms with van der Waals surface area (Å²) in [7, 11) is 0. The lowest BCUT2D eigenvalue weighted by Gasteiger charge is -2.12. The lowest BCUT2D eigenvalue weighted by molar-refractivity contribution is 0.472. The molecule has 0 aliphatic carbocycles. The summed E-state index contributed by atoms with van der Waals surface area (Å²) in [5.74, 6) is 1.60. The van der Waals surface area contributed by atoms with Gasteiger partial charge in [0.2, 0.25) is 0 Å². The molecule has 0 amide bonds. The van der Waals surface area contributed by atoms with E-state index in [4.69, 9.17) is 4.74 Å². The Hall–Kier alpha value is 0.160. The molecule has 2 rings (SSSR count). The summed E-state index contributed by atoms with van der Waals surface area (Å²) in [5, 5.41) is 0. The van der Waals surface area contributed by atoms with Crippen LogP contribution in [-0.4, -0.2) is 0 Å². The van der Waals surface area contributed by atoms with Gasteiger partial charge in [-0.2, -0.15) is 0 Å². The van der Waals surface area contributed by atoms with E-state index in [-0.39, 0.29) is 0 Å². The Morgan fingerprint density at radius 1 is 0.833 bits per heavy atom. The number of ether oxygens (including phenoxy) is 1. The van der Waals surface area contributed by atoms with Crippen LogP contribution >= 0.6 is 63.7 Å². The highest BCUT2D eigenvalue weighted by molar-refractivity contribution is 9.11. The molecule has 2 aromatic carbocycles. The highest BCUT2D eigenvalue weighted by atomic mass is 79.9. The van der Waals surface area contributed by atoms with Crippen molar-refractivity contribution >= 4 is 63.7 Å². The van der Waals surface area contributed by atoms with Crippen LogP contribution in [0.25, 0.3) is 0 Å². The van der Waals surface area contributed by atoms with Gasteiger partial charge in [-0.15, -0.1) is 0 Å². The molecular weight excluding hydrogens is 492 g/mol. The van der Waals surface area contributed by atoms with Crippen LogP contribution in [0.5, 0.6) is 11.5 Å². The van der Waals surface area contributed by atoms with Gasteiger partial charge < -0.3 is 4.74 Å². The maximum atomic E-state index is 5.95. The van der Waals surface area contributed by atoms with Crippen LogP contribution in [0.3, 0.4) is 0 Å². The molecule has 2 aromatic rings. The SMILES string of the molecule is Cc1cc(Br)cc(Br)c1Oc1ccc(Br)cc1Br. The van der Waals surface area contributed by atoms with Crippen LogP contribution in [0, 0.1) is 6.92 Å². The minimum Gasteiger partial charge on any atom is -0.455 e. The molecule has 0 aromatic heterocycles. The first kappa shape index (κ1) is 14.6. The molecular formula is C13H8Br4O. The predicted molar refractivity (Wildman–Crippen MR) is 88.5 cm³/mol. The quantitative estimate of drug-likeness (QED) is 0.440. The summed E-state index contributed by atoms with van der Waals surface area (Å²) in [6.07, 6.45) is 0. The van der Waals surface area contributed by atoms with E-state index in [1.807, 2.05) is 37.3 Å². The summed E-state index contributed by atoms with van der Waals surface area (Å²) in [5.41, 5.74) is 1.06. The van der Waals surface area contributed by atoms with Gasteiger partial charge in [-0.3, -0.25) is 0 Å². The van der Waals surface area contributed by atoms with E-state index in [2.05, 4.69) is 63.7 Å². The second kappa shape index (κ2) is 6.07. The van der Waals surface area contributed by atoms with Crippen molar-refractivity contribution in [1.29, 1.82) is 0 Å².